The number of nitrogens with zero attached hydrogens (tertiary/aromatic N) is 4. The SMILES string of the molecule is Clc1ccc(CNc2ncnc3c2ncn3[C@H]2CCCCO2)cc1Cl. The molecule has 6 nitrogen and oxygen atoms in total. The van der Waals surface area contributed by atoms with Crippen molar-refractivity contribution in [3.63, 3.8) is 0 Å². The number of nitrogens with one attached hydrogen (secondary N) is 1. The predicted molar refractivity (Wildman–Crippen MR) is 98.0 cm³/mol. The van der Waals surface area contributed by atoms with Crippen molar-refractivity contribution in [2.24, 2.45) is 0 Å². The molecule has 0 amide bonds. The van der Waals surface area contributed by atoms with Gasteiger partial charge in [-0.3, -0.25) is 4.57 Å². The zero-order valence-electron chi connectivity index (χ0n) is 13.5. The summed E-state index contributed by atoms with van der Waals surface area (Å²) in [5, 5.41) is 4.37. The third-order valence-corrected chi connectivity index (χ3v) is 5.01. The van der Waals surface area contributed by atoms with Gasteiger partial charge in [-0.05, 0) is 37.0 Å². The lowest BCUT2D eigenvalue weighted by molar-refractivity contribution is -0.0298. The van der Waals surface area contributed by atoms with E-state index in [1.54, 1.807) is 18.7 Å². The monoisotopic (exact) mass is 377 g/mol. The fraction of sp³-hybridized carbons (Fsp3) is 0.353. The molecule has 25 heavy (non-hydrogen) atoms. The van der Waals surface area contributed by atoms with Gasteiger partial charge < -0.3 is 10.1 Å². The molecular formula is C17H17Cl2N5O. The molecule has 1 aromatic carbocycles. The fourth-order valence-electron chi connectivity index (χ4n) is 2.97. The molecule has 0 bridgehead atoms. The summed E-state index contributed by atoms with van der Waals surface area (Å²) in [5.41, 5.74) is 2.52. The van der Waals surface area contributed by atoms with Crippen LogP contribution in [-0.2, 0) is 11.3 Å². The van der Waals surface area contributed by atoms with Crippen LogP contribution in [0.1, 0.15) is 31.1 Å². The average Bonchev–Trinajstić information content (AvgIpc) is 3.08. The Kier molecular flexibility index (Phi) is 4.74. The third kappa shape index (κ3) is 3.42. The molecule has 1 aliphatic rings. The molecule has 1 aliphatic heterocycles. The average molecular weight is 378 g/mol. The maximum atomic E-state index is 6.07. The molecule has 130 valence electrons. The van der Waals surface area contributed by atoms with Crippen molar-refractivity contribution in [2.45, 2.75) is 32.0 Å². The number of hydrogen-bond acceptors (Lipinski definition) is 5. The smallest absolute Gasteiger partial charge is 0.167 e. The summed E-state index contributed by atoms with van der Waals surface area (Å²) in [4.78, 5) is 13.2. The van der Waals surface area contributed by atoms with Crippen molar-refractivity contribution in [3.05, 3.63) is 46.5 Å². The van der Waals surface area contributed by atoms with Gasteiger partial charge in [0.2, 0.25) is 0 Å². The quantitative estimate of drug-likeness (QED) is 0.727. The minimum absolute atomic E-state index is 0.00317. The number of ether oxygens (including phenoxy) is 1. The maximum absolute atomic E-state index is 6.07. The molecular weight excluding hydrogens is 361 g/mol. The summed E-state index contributed by atoms with van der Waals surface area (Å²) in [5.74, 6) is 0.686. The lowest BCUT2D eigenvalue weighted by Gasteiger charge is -2.23. The van der Waals surface area contributed by atoms with Crippen LogP contribution < -0.4 is 5.32 Å². The Hall–Kier alpha value is -1.89. The molecule has 1 saturated heterocycles. The highest BCUT2D eigenvalue weighted by molar-refractivity contribution is 6.42. The van der Waals surface area contributed by atoms with Crippen LogP contribution in [0.2, 0.25) is 10.0 Å². The van der Waals surface area contributed by atoms with Crippen LogP contribution >= 0.6 is 23.2 Å². The second-order valence-electron chi connectivity index (χ2n) is 5.97. The Morgan fingerprint density at radius 1 is 1.16 bits per heavy atom. The van der Waals surface area contributed by atoms with Crippen molar-refractivity contribution in [1.82, 2.24) is 19.5 Å². The number of rotatable bonds is 4. The molecule has 0 saturated carbocycles. The van der Waals surface area contributed by atoms with E-state index in [1.165, 1.54) is 0 Å². The molecule has 8 heteroatoms. The molecule has 0 radical (unpaired) electrons. The first-order valence-corrected chi connectivity index (χ1v) is 8.95. The predicted octanol–water partition coefficient (Wildman–Crippen LogP) is 4.44. The molecule has 3 heterocycles. The second kappa shape index (κ2) is 7.15. The first-order valence-electron chi connectivity index (χ1n) is 8.19. The lowest BCUT2D eigenvalue weighted by atomic mass is 10.2. The van der Waals surface area contributed by atoms with Gasteiger partial charge in [0.15, 0.2) is 17.0 Å². The minimum Gasteiger partial charge on any atom is -0.364 e. The summed E-state index contributed by atoms with van der Waals surface area (Å²) >= 11 is 12.0. The van der Waals surface area contributed by atoms with E-state index in [0.29, 0.717) is 22.4 Å². The third-order valence-electron chi connectivity index (χ3n) is 4.27. The summed E-state index contributed by atoms with van der Waals surface area (Å²) in [6.45, 7) is 1.34. The van der Waals surface area contributed by atoms with Crippen molar-refractivity contribution in [3.8, 4) is 0 Å². The largest absolute Gasteiger partial charge is 0.364 e. The van der Waals surface area contributed by atoms with Gasteiger partial charge in [0.1, 0.15) is 12.6 Å². The standard InChI is InChI=1S/C17H17Cl2N5O/c18-12-5-4-11(7-13(12)19)8-20-16-15-17(22-9-21-16)24(10-23-15)14-3-1-2-6-25-14/h4-5,7,9-10,14H,1-3,6,8H2,(H,20,21,22)/t14-/m1/s1. The van der Waals surface area contributed by atoms with Gasteiger partial charge in [-0.2, -0.15) is 0 Å². The molecule has 0 aliphatic carbocycles. The molecule has 4 rings (SSSR count). The van der Waals surface area contributed by atoms with Crippen molar-refractivity contribution in [2.75, 3.05) is 11.9 Å². The number of anilines is 1. The number of halogens is 2. The van der Waals surface area contributed by atoms with Crippen LogP contribution in [0.25, 0.3) is 11.2 Å². The zero-order chi connectivity index (χ0) is 17.2. The van der Waals surface area contributed by atoms with Crippen LogP contribution in [-0.4, -0.2) is 26.1 Å². The van der Waals surface area contributed by atoms with Crippen LogP contribution in [0.5, 0.6) is 0 Å². The Morgan fingerprint density at radius 3 is 2.88 bits per heavy atom. The fourth-order valence-corrected chi connectivity index (χ4v) is 3.29. The van der Waals surface area contributed by atoms with Crippen molar-refractivity contribution in [1.29, 1.82) is 0 Å². The van der Waals surface area contributed by atoms with E-state index >= 15 is 0 Å². The summed E-state index contributed by atoms with van der Waals surface area (Å²) in [6.07, 6.45) is 6.55. The van der Waals surface area contributed by atoms with Gasteiger partial charge in [0.05, 0.1) is 16.4 Å². The first-order chi connectivity index (χ1) is 12.2. The highest BCUT2D eigenvalue weighted by atomic mass is 35.5. The highest BCUT2D eigenvalue weighted by Crippen LogP contribution is 2.28. The van der Waals surface area contributed by atoms with E-state index in [9.17, 15) is 0 Å². The normalized spacial score (nSPS) is 17.8. The molecule has 1 fully saturated rings. The molecule has 3 aromatic rings. The van der Waals surface area contributed by atoms with E-state index in [-0.39, 0.29) is 6.23 Å². The maximum Gasteiger partial charge on any atom is 0.167 e. The van der Waals surface area contributed by atoms with Gasteiger partial charge in [-0.15, -0.1) is 0 Å². The van der Waals surface area contributed by atoms with Crippen LogP contribution in [0.4, 0.5) is 5.82 Å². The molecule has 1 atom stereocenters. The van der Waals surface area contributed by atoms with E-state index in [2.05, 4.69) is 20.3 Å². The number of aromatic nitrogens is 4. The van der Waals surface area contributed by atoms with Crippen LogP contribution in [0.3, 0.4) is 0 Å². The van der Waals surface area contributed by atoms with Gasteiger partial charge in [0, 0.05) is 13.2 Å². The lowest BCUT2D eigenvalue weighted by Crippen LogP contribution is -2.17. The number of imidazole rings is 1. The van der Waals surface area contributed by atoms with E-state index < -0.39 is 0 Å². The van der Waals surface area contributed by atoms with E-state index in [0.717, 1.165) is 42.6 Å². The van der Waals surface area contributed by atoms with Gasteiger partial charge in [-0.1, -0.05) is 29.3 Å². The summed E-state index contributed by atoms with van der Waals surface area (Å²) in [6, 6.07) is 5.55. The zero-order valence-corrected chi connectivity index (χ0v) is 15.0. The van der Waals surface area contributed by atoms with Gasteiger partial charge in [-0.25, -0.2) is 15.0 Å². The summed E-state index contributed by atoms with van der Waals surface area (Å²) < 4.78 is 7.83. The van der Waals surface area contributed by atoms with Gasteiger partial charge in [0.25, 0.3) is 0 Å². The topological polar surface area (TPSA) is 64.9 Å². The molecule has 0 spiro atoms. The highest BCUT2D eigenvalue weighted by Gasteiger charge is 2.20. The Labute approximate surface area is 155 Å². The van der Waals surface area contributed by atoms with E-state index in [4.69, 9.17) is 27.9 Å². The van der Waals surface area contributed by atoms with E-state index in [1.807, 2.05) is 16.7 Å². The molecule has 2 aromatic heterocycles. The van der Waals surface area contributed by atoms with Crippen LogP contribution in [0.15, 0.2) is 30.9 Å². The Morgan fingerprint density at radius 2 is 2.08 bits per heavy atom. The van der Waals surface area contributed by atoms with Gasteiger partial charge >= 0.3 is 0 Å². The number of hydrogen-bond donors (Lipinski definition) is 1. The number of benzene rings is 1. The Bertz CT molecular complexity index is 892. The molecule has 1 N–H and O–H groups in total. The second-order valence-corrected chi connectivity index (χ2v) is 6.78. The first kappa shape index (κ1) is 16.6. The van der Waals surface area contributed by atoms with Crippen molar-refractivity contribution >= 4 is 40.2 Å². The minimum atomic E-state index is -0.00317. The number of fused-ring (bicyclic) bond motifs is 1. The Balaban J connectivity index is 1.57. The summed E-state index contributed by atoms with van der Waals surface area (Å²) in [7, 11) is 0. The molecule has 0 unspecified atom stereocenters. The van der Waals surface area contributed by atoms with Crippen LogP contribution in [0, 0.1) is 0 Å². The van der Waals surface area contributed by atoms with Crippen molar-refractivity contribution < 1.29 is 4.74 Å².